The minimum absolute atomic E-state index is 0. The summed E-state index contributed by atoms with van der Waals surface area (Å²) in [6.45, 7) is 4.54. The van der Waals surface area contributed by atoms with Crippen LogP contribution in [0, 0.1) is 0 Å². The third-order valence-corrected chi connectivity index (χ3v) is 2.29. The van der Waals surface area contributed by atoms with Gasteiger partial charge in [-0.15, -0.1) is 12.4 Å². The molecule has 2 N–H and O–H groups in total. The Balaban J connectivity index is 0.00000169. The van der Waals surface area contributed by atoms with Crippen LogP contribution in [-0.2, 0) is 9.53 Å². The third-order valence-electron chi connectivity index (χ3n) is 2.29. The molecule has 0 aromatic heterocycles. The number of hydrogen-bond donors (Lipinski definition) is 1. The number of rotatable bonds is 3. The Morgan fingerprint density at radius 3 is 2.57 bits per heavy atom. The Kier molecular flexibility index (Phi) is 6.87. The topological polar surface area (TPSA) is 55.6 Å². The summed E-state index contributed by atoms with van der Waals surface area (Å²) in [4.78, 5) is 13.2. The number of nitrogens with two attached hydrogens (primary N) is 1. The molecule has 0 saturated carbocycles. The van der Waals surface area contributed by atoms with Gasteiger partial charge in [-0.1, -0.05) is 0 Å². The molecular weight excluding hydrogens is 204 g/mol. The zero-order valence-corrected chi connectivity index (χ0v) is 9.39. The molecule has 0 radical (unpaired) electrons. The van der Waals surface area contributed by atoms with E-state index in [-0.39, 0.29) is 18.4 Å². The van der Waals surface area contributed by atoms with Gasteiger partial charge in [0.1, 0.15) is 0 Å². The summed E-state index contributed by atoms with van der Waals surface area (Å²) in [6, 6.07) is 0.318. The Hall–Kier alpha value is -0.320. The van der Waals surface area contributed by atoms with Crippen LogP contribution in [0.2, 0.25) is 0 Å². The molecule has 0 atom stereocenters. The second-order valence-electron chi connectivity index (χ2n) is 3.42. The Bertz CT molecular complexity index is 170. The molecule has 0 aromatic rings. The van der Waals surface area contributed by atoms with Gasteiger partial charge in [-0.3, -0.25) is 9.69 Å². The summed E-state index contributed by atoms with van der Waals surface area (Å²) in [5.41, 5.74) is 5.74. The second-order valence-corrected chi connectivity index (χ2v) is 3.42. The smallest absolute Gasteiger partial charge is 0.320 e. The zero-order valence-electron chi connectivity index (χ0n) is 8.57. The fourth-order valence-electron chi connectivity index (χ4n) is 1.50. The lowest BCUT2D eigenvalue weighted by molar-refractivity contribution is -0.144. The number of piperidine rings is 1. The highest BCUT2D eigenvalue weighted by Crippen LogP contribution is 2.07. The average Bonchev–Trinajstić information content (AvgIpc) is 2.09. The molecule has 1 rings (SSSR count). The van der Waals surface area contributed by atoms with Gasteiger partial charge >= 0.3 is 5.97 Å². The SMILES string of the molecule is CCOC(=O)CN1CCC(N)CC1.Cl. The van der Waals surface area contributed by atoms with Crippen molar-refractivity contribution < 1.29 is 9.53 Å². The summed E-state index contributed by atoms with van der Waals surface area (Å²) in [7, 11) is 0. The zero-order chi connectivity index (χ0) is 9.68. The maximum atomic E-state index is 11.1. The van der Waals surface area contributed by atoms with Gasteiger partial charge in [0, 0.05) is 19.1 Å². The van der Waals surface area contributed by atoms with Crippen LogP contribution >= 0.6 is 12.4 Å². The monoisotopic (exact) mass is 222 g/mol. The van der Waals surface area contributed by atoms with Crippen molar-refractivity contribution in [2.45, 2.75) is 25.8 Å². The lowest BCUT2D eigenvalue weighted by Gasteiger charge is -2.28. The highest BCUT2D eigenvalue weighted by atomic mass is 35.5. The molecule has 0 bridgehead atoms. The normalized spacial score (nSPS) is 18.7. The summed E-state index contributed by atoms with van der Waals surface area (Å²) >= 11 is 0. The van der Waals surface area contributed by atoms with Crippen molar-refractivity contribution in [3.8, 4) is 0 Å². The highest BCUT2D eigenvalue weighted by molar-refractivity contribution is 5.85. The molecule has 5 heteroatoms. The molecule has 0 aliphatic carbocycles. The first kappa shape index (κ1) is 13.7. The van der Waals surface area contributed by atoms with Crippen LogP contribution in [0.25, 0.3) is 0 Å². The molecule has 0 amide bonds. The van der Waals surface area contributed by atoms with Crippen molar-refractivity contribution >= 4 is 18.4 Å². The van der Waals surface area contributed by atoms with Crippen molar-refractivity contribution in [3.05, 3.63) is 0 Å². The van der Waals surface area contributed by atoms with Gasteiger partial charge in [0.2, 0.25) is 0 Å². The number of nitrogens with zero attached hydrogens (tertiary/aromatic N) is 1. The predicted molar refractivity (Wildman–Crippen MR) is 57.5 cm³/mol. The standard InChI is InChI=1S/C9H18N2O2.ClH/c1-2-13-9(12)7-11-5-3-8(10)4-6-11;/h8H,2-7,10H2,1H3;1H. The van der Waals surface area contributed by atoms with Crippen molar-refractivity contribution in [3.63, 3.8) is 0 Å². The molecule has 0 aromatic carbocycles. The van der Waals surface area contributed by atoms with Crippen LogP contribution in [-0.4, -0.2) is 43.2 Å². The molecular formula is C9H19ClN2O2. The van der Waals surface area contributed by atoms with Gasteiger partial charge in [0.15, 0.2) is 0 Å². The van der Waals surface area contributed by atoms with Crippen molar-refractivity contribution in [2.75, 3.05) is 26.2 Å². The van der Waals surface area contributed by atoms with E-state index in [1.54, 1.807) is 0 Å². The van der Waals surface area contributed by atoms with Crippen LogP contribution in [0.5, 0.6) is 0 Å². The largest absolute Gasteiger partial charge is 0.465 e. The van der Waals surface area contributed by atoms with Crippen LogP contribution < -0.4 is 5.73 Å². The molecule has 1 heterocycles. The number of carbonyl (C=O) groups is 1. The molecule has 1 aliphatic heterocycles. The third kappa shape index (κ3) is 4.79. The van der Waals surface area contributed by atoms with Gasteiger partial charge in [0.05, 0.1) is 13.2 Å². The number of likely N-dealkylation sites (tertiary alicyclic amines) is 1. The second kappa shape index (κ2) is 7.04. The molecule has 1 saturated heterocycles. The minimum atomic E-state index is -0.127. The minimum Gasteiger partial charge on any atom is -0.465 e. The fraction of sp³-hybridized carbons (Fsp3) is 0.889. The predicted octanol–water partition coefficient (Wildman–Crippen LogP) is 0.394. The van der Waals surface area contributed by atoms with E-state index >= 15 is 0 Å². The summed E-state index contributed by atoms with van der Waals surface area (Å²) < 4.78 is 4.86. The Labute approximate surface area is 91.2 Å². The van der Waals surface area contributed by atoms with Gasteiger partial charge in [-0.2, -0.15) is 0 Å². The van der Waals surface area contributed by atoms with E-state index in [1.807, 2.05) is 6.92 Å². The summed E-state index contributed by atoms with van der Waals surface area (Å²) in [6.07, 6.45) is 1.97. The number of halogens is 1. The van der Waals surface area contributed by atoms with Gasteiger partial charge < -0.3 is 10.5 Å². The van der Waals surface area contributed by atoms with Crippen molar-refractivity contribution in [2.24, 2.45) is 5.73 Å². The van der Waals surface area contributed by atoms with Crippen LogP contribution in [0.1, 0.15) is 19.8 Å². The number of ether oxygens (including phenoxy) is 1. The van der Waals surface area contributed by atoms with E-state index in [0.29, 0.717) is 19.2 Å². The molecule has 4 nitrogen and oxygen atoms in total. The first-order chi connectivity index (χ1) is 6.22. The van der Waals surface area contributed by atoms with E-state index in [0.717, 1.165) is 25.9 Å². The maximum Gasteiger partial charge on any atom is 0.320 e. The highest BCUT2D eigenvalue weighted by Gasteiger charge is 2.18. The van der Waals surface area contributed by atoms with E-state index < -0.39 is 0 Å². The average molecular weight is 223 g/mol. The summed E-state index contributed by atoms with van der Waals surface area (Å²) in [5, 5.41) is 0. The van der Waals surface area contributed by atoms with E-state index in [4.69, 9.17) is 10.5 Å². The van der Waals surface area contributed by atoms with Crippen molar-refractivity contribution in [1.82, 2.24) is 4.90 Å². The lowest BCUT2D eigenvalue weighted by atomic mass is 10.1. The van der Waals surface area contributed by atoms with Gasteiger partial charge in [0.25, 0.3) is 0 Å². The first-order valence-corrected chi connectivity index (χ1v) is 4.86. The fourth-order valence-corrected chi connectivity index (χ4v) is 1.50. The van der Waals surface area contributed by atoms with Gasteiger partial charge in [-0.05, 0) is 19.8 Å². The lowest BCUT2D eigenvalue weighted by Crippen LogP contribution is -2.42. The van der Waals surface area contributed by atoms with Gasteiger partial charge in [-0.25, -0.2) is 0 Å². The molecule has 0 spiro atoms. The van der Waals surface area contributed by atoms with Crippen LogP contribution in [0.3, 0.4) is 0 Å². The van der Waals surface area contributed by atoms with E-state index in [9.17, 15) is 4.79 Å². The maximum absolute atomic E-state index is 11.1. The number of esters is 1. The molecule has 0 unspecified atom stereocenters. The van der Waals surface area contributed by atoms with Crippen LogP contribution in [0.4, 0.5) is 0 Å². The number of hydrogen-bond acceptors (Lipinski definition) is 4. The van der Waals surface area contributed by atoms with E-state index in [1.165, 1.54) is 0 Å². The molecule has 1 fully saturated rings. The molecule has 14 heavy (non-hydrogen) atoms. The van der Waals surface area contributed by atoms with Crippen LogP contribution in [0.15, 0.2) is 0 Å². The van der Waals surface area contributed by atoms with Crippen molar-refractivity contribution in [1.29, 1.82) is 0 Å². The Morgan fingerprint density at radius 2 is 2.07 bits per heavy atom. The number of carbonyl (C=O) groups excluding carboxylic acids is 1. The molecule has 1 aliphatic rings. The molecule has 84 valence electrons. The Morgan fingerprint density at radius 1 is 1.50 bits per heavy atom. The first-order valence-electron chi connectivity index (χ1n) is 4.86. The quantitative estimate of drug-likeness (QED) is 0.703. The summed E-state index contributed by atoms with van der Waals surface area (Å²) in [5.74, 6) is -0.127. The van der Waals surface area contributed by atoms with E-state index in [2.05, 4.69) is 4.90 Å².